The lowest BCUT2D eigenvalue weighted by molar-refractivity contribution is -0.386. The molecular formula is C13H9N2O4. The molecule has 0 saturated heterocycles. The predicted molar refractivity (Wildman–Crippen MR) is 69.6 cm³/mol. The molecule has 2 aromatic rings. The summed E-state index contributed by atoms with van der Waals surface area (Å²) in [6.07, 6.45) is 0. The summed E-state index contributed by atoms with van der Waals surface area (Å²) in [7, 11) is 0. The first-order valence-electron chi connectivity index (χ1n) is 5.35. The maximum absolute atomic E-state index is 11.0. The van der Waals surface area contributed by atoms with Crippen LogP contribution in [0.2, 0.25) is 0 Å². The molecule has 1 radical (unpaired) electrons. The number of hydrogen-bond acceptors (Lipinski definition) is 4. The number of nitrogens with zero attached hydrogens (tertiary/aromatic N) is 2. The van der Waals surface area contributed by atoms with Gasteiger partial charge in [-0.2, -0.15) is 0 Å². The van der Waals surface area contributed by atoms with Gasteiger partial charge in [0.05, 0.1) is 21.0 Å². The molecule has 0 N–H and O–H groups in total. The van der Waals surface area contributed by atoms with Gasteiger partial charge in [-0.15, -0.1) is 0 Å². The Morgan fingerprint density at radius 3 is 2.05 bits per heavy atom. The van der Waals surface area contributed by atoms with Crippen LogP contribution < -0.4 is 0 Å². The summed E-state index contributed by atoms with van der Waals surface area (Å²) in [4.78, 5) is 20.9. The highest BCUT2D eigenvalue weighted by atomic mass is 16.6. The summed E-state index contributed by atoms with van der Waals surface area (Å²) in [6, 6.07) is 10.3. The third-order valence-electron chi connectivity index (χ3n) is 2.65. The molecule has 2 aromatic carbocycles. The highest BCUT2D eigenvalue weighted by molar-refractivity contribution is 5.80. The average Bonchev–Trinajstić information content (AvgIpc) is 2.38. The van der Waals surface area contributed by atoms with Crippen LogP contribution in [0, 0.1) is 27.2 Å². The Morgan fingerprint density at radius 2 is 1.42 bits per heavy atom. The molecule has 0 unspecified atom stereocenters. The first kappa shape index (κ1) is 12.7. The Labute approximate surface area is 108 Å². The van der Waals surface area contributed by atoms with Crippen molar-refractivity contribution in [2.24, 2.45) is 0 Å². The van der Waals surface area contributed by atoms with Crippen LogP contribution in [0.5, 0.6) is 0 Å². The third-order valence-corrected chi connectivity index (χ3v) is 2.65. The molecule has 0 fully saturated rings. The highest BCUT2D eigenvalue weighted by Crippen LogP contribution is 2.36. The smallest absolute Gasteiger partial charge is 0.258 e. The normalized spacial score (nSPS) is 10.2. The number of rotatable bonds is 3. The fourth-order valence-corrected chi connectivity index (χ4v) is 1.82. The predicted octanol–water partition coefficient (Wildman–Crippen LogP) is 3.35. The molecule has 0 aromatic heterocycles. The molecule has 0 bridgehead atoms. The van der Waals surface area contributed by atoms with E-state index in [0.29, 0.717) is 5.56 Å². The van der Waals surface area contributed by atoms with Gasteiger partial charge in [-0.3, -0.25) is 20.2 Å². The largest absolute Gasteiger partial charge is 0.277 e. The number of para-hydroxylation sites is 1. The van der Waals surface area contributed by atoms with Crippen molar-refractivity contribution in [3.63, 3.8) is 0 Å². The summed E-state index contributed by atoms with van der Waals surface area (Å²) in [6.45, 7) is 3.62. The van der Waals surface area contributed by atoms with Crippen molar-refractivity contribution in [2.75, 3.05) is 0 Å². The Bertz CT molecular complexity index is 667. The van der Waals surface area contributed by atoms with Gasteiger partial charge in [0.1, 0.15) is 0 Å². The second-order valence-corrected chi connectivity index (χ2v) is 3.88. The third kappa shape index (κ3) is 2.42. The van der Waals surface area contributed by atoms with E-state index in [4.69, 9.17) is 0 Å². The van der Waals surface area contributed by atoms with Crippen molar-refractivity contribution < 1.29 is 9.85 Å². The summed E-state index contributed by atoms with van der Waals surface area (Å²) in [5, 5.41) is 22.0. The second kappa shape index (κ2) is 4.85. The molecule has 0 amide bonds. The molecule has 0 aliphatic carbocycles. The minimum atomic E-state index is -0.569. The molecular weight excluding hydrogens is 248 g/mol. The van der Waals surface area contributed by atoms with E-state index >= 15 is 0 Å². The van der Waals surface area contributed by atoms with Gasteiger partial charge in [-0.1, -0.05) is 18.2 Å². The van der Waals surface area contributed by atoms with Crippen molar-refractivity contribution >= 4 is 11.4 Å². The summed E-state index contributed by atoms with van der Waals surface area (Å²) in [5.74, 6) is 0. The monoisotopic (exact) mass is 257 g/mol. The lowest BCUT2D eigenvalue weighted by Gasteiger charge is -2.05. The Hall–Kier alpha value is -2.76. The first-order chi connectivity index (χ1) is 9.00. The van der Waals surface area contributed by atoms with Crippen LogP contribution in [-0.2, 0) is 0 Å². The Kier molecular flexibility index (Phi) is 3.24. The van der Waals surface area contributed by atoms with E-state index < -0.39 is 9.85 Å². The van der Waals surface area contributed by atoms with Crippen LogP contribution in [0.15, 0.2) is 42.5 Å². The van der Waals surface area contributed by atoms with Gasteiger partial charge in [0.15, 0.2) is 0 Å². The molecule has 2 rings (SSSR count). The average molecular weight is 257 g/mol. The van der Waals surface area contributed by atoms with Crippen LogP contribution in [0.3, 0.4) is 0 Å². The molecule has 6 heteroatoms. The summed E-state index contributed by atoms with van der Waals surface area (Å²) >= 11 is 0. The molecule has 19 heavy (non-hydrogen) atoms. The SMILES string of the molecule is [CH2]c1ccc(-c2ccccc2[N+](=O)[O-])c([N+](=O)[O-])c1. The maximum atomic E-state index is 11.0. The van der Waals surface area contributed by atoms with E-state index in [1.54, 1.807) is 12.1 Å². The van der Waals surface area contributed by atoms with E-state index in [-0.39, 0.29) is 22.5 Å². The summed E-state index contributed by atoms with van der Waals surface area (Å²) in [5.41, 5.74) is 0.558. The Morgan fingerprint density at radius 1 is 0.842 bits per heavy atom. The molecule has 0 saturated carbocycles. The van der Waals surface area contributed by atoms with Crippen molar-refractivity contribution in [1.29, 1.82) is 0 Å². The quantitative estimate of drug-likeness (QED) is 0.623. The van der Waals surface area contributed by atoms with Crippen LogP contribution in [0.25, 0.3) is 11.1 Å². The Balaban J connectivity index is 2.72. The van der Waals surface area contributed by atoms with E-state index in [0.717, 1.165) is 0 Å². The van der Waals surface area contributed by atoms with Crippen molar-refractivity contribution in [3.8, 4) is 11.1 Å². The van der Waals surface area contributed by atoms with Gasteiger partial charge in [0.25, 0.3) is 11.4 Å². The number of nitro groups is 2. The van der Waals surface area contributed by atoms with Crippen LogP contribution in [-0.4, -0.2) is 9.85 Å². The van der Waals surface area contributed by atoms with Crippen LogP contribution in [0.4, 0.5) is 11.4 Å². The van der Waals surface area contributed by atoms with Crippen LogP contribution >= 0.6 is 0 Å². The topological polar surface area (TPSA) is 86.3 Å². The van der Waals surface area contributed by atoms with E-state index in [1.165, 1.54) is 30.3 Å². The van der Waals surface area contributed by atoms with Crippen molar-refractivity contribution in [3.05, 3.63) is 75.2 Å². The number of benzene rings is 2. The maximum Gasteiger partial charge on any atom is 0.277 e. The van der Waals surface area contributed by atoms with E-state index in [2.05, 4.69) is 6.92 Å². The van der Waals surface area contributed by atoms with E-state index in [9.17, 15) is 20.2 Å². The zero-order valence-corrected chi connectivity index (χ0v) is 9.78. The van der Waals surface area contributed by atoms with Gasteiger partial charge < -0.3 is 0 Å². The molecule has 0 atom stereocenters. The number of nitro benzene ring substituents is 2. The first-order valence-corrected chi connectivity index (χ1v) is 5.35. The molecule has 0 aliphatic heterocycles. The molecule has 0 heterocycles. The van der Waals surface area contributed by atoms with E-state index in [1.807, 2.05) is 0 Å². The van der Waals surface area contributed by atoms with Gasteiger partial charge in [0, 0.05) is 12.1 Å². The zero-order chi connectivity index (χ0) is 14.0. The van der Waals surface area contributed by atoms with Gasteiger partial charge in [-0.05, 0) is 24.6 Å². The van der Waals surface area contributed by atoms with Gasteiger partial charge in [-0.25, -0.2) is 0 Å². The van der Waals surface area contributed by atoms with Gasteiger partial charge >= 0.3 is 0 Å². The zero-order valence-electron chi connectivity index (χ0n) is 9.78. The minimum Gasteiger partial charge on any atom is -0.258 e. The van der Waals surface area contributed by atoms with Crippen molar-refractivity contribution in [1.82, 2.24) is 0 Å². The van der Waals surface area contributed by atoms with Crippen LogP contribution in [0.1, 0.15) is 5.56 Å². The fourth-order valence-electron chi connectivity index (χ4n) is 1.82. The number of hydrogen-bond donors (Lipinski definition) is 0. The fraction of sp³-hybridized carbons (Fsp3) is 0. The summed E-state index contributed by atoms with van der Waals surface area (Å²) < 4.78 is 0. The molecule has 6 nitrogen and oxygen atoms in total. The molecule has 0 spiro atoms. The minimum absolute atomic E-state index is 0.164. The lowest BCUT2D eigenvalue weighted by atomic mass is 10.0. The molecule has 95 valence electrons. The molecule has 0 aliphatic rings. The lowest BCUT2D eigenvalue weighted by Crippen LogP contribution is -1.96. The standard InChI is InChI=1S/C13H9N2O4/c1-9-6-7-11(13(8-9)15(18)19)10-4-2-3-5-12(10)14(16)17/h2-8H,1H2. The van der Waals surface area contributed by atoms with Gasteiger partial charge in [0.2, 0.25) is 0 Å². The van der Waals surface area contributed by atoms with Crippen molar-refractivity contribution in [2.45, 2.75) is 0 Å². The highest BCUT2D eigenvalue weighted by Gasteiger charge is 2.22. The second-order valence-electron chi connectivity index (χ2n) is 3.88.